The van der Waals surface area contributed by atoms with E-state index in [0.717, 1.165) is 6.42 Å². The van der Waals surface area contributed by atoms with Gasteiger partial charge in [0.25, 0.3) is 0 Å². The highest BCUT2D eigenvalue weighted by molar-refractivity contribution is 4.78. The van der Waals surface area contributed by atoms with E-state index in [4.69, 9.17) is 5.11 Å². The predicted molar refractivity (Wildman–Crippen MR) is 47.5 cm³/mol. The highest BCUT2D eigenvalue weighted by atomic mass is 16.3. The molecule has 0 saturated carbocycles. The van der Waals surface area contributed by atoms with Crippen LogP contribution in [0.3, 0.4) is 0 Å². The molecule has 0 spiro atoms. The van der Waals surface area contributed by atoms with Crippen molar-refractivity contribution >= 4 is 0 Å². The quantitative estimate of drug-likeness (QED) is 0.595. The van der Waals surface area contributed by atoms with Gasteiger partial charge in [0.15, 0.2) is 0 Å². The molecule has 0 atom stereocenters. The molecule has 68 valence electrons. The first-order chi connectivity index (χ1) is 4.95. The largest absolute Gasteiger partial charge is 0.396 e. The van der Waals surface area contributed by atoms with Gasteiger partial charge in [0, 0.05) is 13.0 Å². The average Bonchev–Trinajstić information content (AvgIpc) is 1.87. The Morgan fingerprint density at radius 3 is 1.55 bits per heavy atom. The summed E-state index contributed by atoms with van der Waals surface area (Å²) in [6, 6.07) is 0. The van der Waals surface area contributed by atoms with Gasteiger partial charge in [0.05, 0.1) is 5.66 Å². The molecular weight excluding hydrogens is 140 g/mol. The van der Waals surface area contributed by atoms with Gasteiger partial charge in [-0.2, -0.15) is 0 Å². The number of aliphatic hydroxyl groups excluding tert-OH is 1. The normalized spacial score (nSPS) is 13.1. The van der Waals surface area contributed by atoms with Crippen molar-refractivity contribution in [2.75, 3.05) is 34.8 Å². The van der Waals surface area contributed by atoms with Crippen LogP contribution < -0.4 is 0 Å². The van der Waals surface area contributed by atoms with Crippen LogP contribution in [0.2, 0.25) is 0 Å². The summed E-state index contributed by atoms with van der Waals surface area (Å²) in [7, 11) is 8.09. The van der Waals surface area contributed by atoms with Gasteiger partial charge >= 0.3 is 0 Å². The Morgan fingerprint density at radius 2 is 1.45 bits per heavy atom. The molecule has 0 aliphatic carbocycles. The van der Waals surface area contributed by atoms with Crippen LogP contribution in [-0.2, 0) is 0 Å². The summed E-state index contributed by atoms with van der Waals surface area (Å²) in [4.78, 5) is 4.23. The fourth-order valence-electron chi connectivity index (χ4n) is 1.06. The Hall–Kier alpha value is -0.120. The summed E-state index contributed by atoms with van der Waals surface area (Å²) in [5.41, 5.74) is -0.0330. The van der Waals surface area contributed by atoms with Gasteiger partial charge in [-0.3, -0.25) is 9.80 Å². The number of hydrogen-bond acceptors (Lipinski definition) is 3. The number of rotatable bonds is 4. The van der Waals surface area contributed by atoms with E-state index in [2.05, 4.69) is 16.7 Å². The SMILES string of the molecule is CN(C)C(C)(CCO)N(C)C. The Kier molecular flexibility index (Phi) is 4.00. The standard InChI is InChI=1S/C8H20N2O/c1-8(6-7-11,9(2)3)10(4)5/h11H,6-7H2,1-5H3. The van der Waals surface area contributed by atoms with E-state index in [1.54, 1.807) is 0 Å². The molecule has 0 aliphatic rings. The highest BCUT2D eigenvalue weighted by Crippen LogP contribution is 2.17. The van der Waals surface area contributed by atoms with E-state index in [1.165, 1.54) is 0 Å². The minimum atomic E-state index is -0.0330. The van der Waals surface area contributed by atoms with Crippen molar-refractivity contribution in [1.82, 2.24) is 9.80 Å². The van der Waals surface area contributed by atoms with Crippen LogP contribution in [0.4, 0.5) is 0 Å². The third-order valence-corrected chi connectivity index (χ3v) is 2.51. The van der Waals surface area contributed by atoms with Crippen LogP contribution >= 0.6 is 0 Å². The molecule has 0 aliphatic heterocycles. The van der Waals surface area contributed by atoms with Crippen LogP contribution in [-0.4, -0.2) is 55.4 Å². The molecule has 0 aromatic heterocycles. The van der Waals surface area contributed by atoms with Crippen LogP contribution in [0.25, 0.3) is 0 Å². The van der Waals surface area contributed by atoms with Crippen molar-refractivity contribution in [2.45, 2.75) is 19.0 Å². The molecule has 0 aromatic carbocycles. The van der Waals surface area contributed by atoms with Crippen molar-refractivity contribution in [2.24, 2.45) is 0 Å². The lowest BCUT2D eigenvalue weighted by atomic mass is 10.1. The second-order valence-corrected chi connectivity index (χ2v) is 3.48. The summed E-state index contributed by atoms with van der Waals surface area (Å²) in [6.07, 6.45) is 0.771. The van der Waals surface area contributed by atoms with Crippen molar-refractivity contribution in [1.29, 1.82) is 0 Å². The van der Waals surface area contributed by atoms with E-state index in [0.29, 0.717) is 0 Å². The minimum absolute atomic E-state index is 0.0330. The van der Waals surface area contributed by atoms with Gasteiger partial charge < -0.3 is 5.11 Å². The maximum atomic E-state index is 8.85. The molecule has 11 heavy (non-hydrogen) atoms. The molecule has 0 fully saturated rings. The fourth-order valence-corrected chi connectivity index (χ4v) is 1.06. The Morgan fingerprint density at radius 1 is 1.09 bits per heavy atom. The lowest BCUT2D eigenvalue weighted by molar-refractivity contribution is -0.000231. The van der Waals surface area contributed by atoms with Crippen molar-refractivity contribution < 1.29 is 5.11 Å². The van der Waals surface area contributed by atoms with Gasteiger partial charge in [0.1, 0.15) is 0 Å². The predicted octanol–water partition coefficient (Wildman–Crippen LogP) is 0.208. The van der Waals surface area contributed by atoms with Gasteiger partial charge in [0.2, 0.25) is 0 Å². The first-order valence-electron chi connectivity index (χ1n) is 3.91. The Labute approximate surface area is 69.6 Å². The lowest BCUT2D eigenvalue weighted by Gasteiger charge is -2.42. The molecule has 1 N–H and O–H groups in total. The highest BCUT2D eigenvalue weighted by Gasteiger charge is 2.28. The van der Waals surface area contributed by atoms with Crippen molar-refractivity contribution in [3.8, 4) is 0 Å². The average molecular weight is 160 g/mol. The molecule has 0 bridgehead atoms. The van der Waals surface area contributed by atoms with E-state index in [1.807, 2.05) is 28.2 Å². The molecule has 0 amide bonds. The Bertz CT molecular complexity index is 105. The summed E-state index contributed by atoms with van der Waals surface area (Å²) >= 11 is 0. The number of aliphatic hydroxyl groups is 1. The molecular formula is C8H20N2O. The zero-order valence-electron chi connectivity index (χ0n) is 8.26. The summed E-state index contributed by atoms with van der Waals surface area (Å²) in [6.45, 7) is 2.34. The Balaban J connectivity index is 4.26. The van der Waals surface area contributed by atoms with Gasteiger partial charge in [-0.05, 0) is 35.1 Å². The van der Waals surface area contributed by atoms with E-state index >= 15 is 0 Å². The van der Waals surface area contributed by atoms with E-state index in [9.17, 15) is 0 Å². The minimum Gasteiger partial charge on any atom is -0.396 e. The van der Waals surface area contributed by atoms with Gasteiger partial charge in [-0.25, -0.2) is 0 Å². The summed E-state index contributed by atoms with van der Waals surface area (Å²) in [5, 5.41) is 8.85. The zero-order chi connectivity index (χ0) is 9.07. The first kappa shape index (κ1) is 10.9. The summed E-state index contributed by atoms with van der Waals surface area (Å²) < 4.78 is 0. The summed E-state index contributed by atoms with van der Waals surface area (Å²) in [5.74, 6) is 0. The molecule has 0 radical (unpaired) electrons. The second kappa shape index (κ2) is 4.04. The van der Waals surface area contributed by atoms with Crippen LogP contribution in [0, 0.1) is 0 Å². The zero-order valence-corrected chi connectivity index (χ0v) is 8.26. The molecule has 0 rings (SSSR count). The van der Waals surface area contributed by atoms with Crippen LogP contribution in [0.1, 0.15) is 13.3 Å². The fraction of sp³-hybridized carbons (Fsp3) is 1.00. The topological polar surface area (TPSA) is 26.7 Å². The second-order valence-electron chi connectivity index (χ2n) is 3.48. The molecule has 0 heterocycles. The molecule has 0 aromatic rings. The van der Waals surface area contributed by atoms with E-state index < -0.39 is 0 Å². The smallest absolute Gasteiger partial charge is 0.0720 e. The number of hydrogen-bond donors (Lipinski definition) is 1. The van der Waals surface area contributed by atoms with Gasteiger partial charge in [-0.1, -0.05) is 0 Å². The first-order valence-corrected chi connectivity index (χ1v) is 3.91. The third kappa shape index (κ3) is 2.43. The number of nitrogens with zero attached hydrogens (tertiary/aromatic N) is 2. The lowest BCUT2D eigenvalue weighted by Crippen LogP contribution is -2.53. The van der Waals surface area contributed by atoms with Crippen LogP contribution in [0.5, 0.6) is 0 Å². The van der Waals surface area contributed by atoms with Gasteiger partial charge in [-0.15, -0.1) is 0 Å². The van der Waals surface area contributed by atoms with Crippen molar-refractivity contribution in [3.63, 3.8) is 0 Å². The molecule has 0 unspecified atom stereocenters. The molecule has 3 nitrogen and oxygen atoms in total. The van der Waals surface area contributed by atoms with E-state index in [-0.39, 0.29) is 12.3 Å². The molecule has 3 heteroatoms. The maximum Gasteiger partial charge on any atom is 0.0720 e. The monoisotopic (exact) mass is 160 g/mol. The molecule has 0 saturated heterocycles. The maximum absolute atomic E-state index is 8.85. The third-order valence-electron chi connectivity index (χ3n) is 2.51. The van der Waals surface area contributed by atoms with Crippen LogP contribution in [0.15, 0.2) is 0 Å². The van der Waals surface area contributed by atoms with Crippen molar-refractivity contribution in [3.05, 3.63) is 0 Å².